The van der Waals surface area contributed by atoms with Crippen molar-refractivity contribution in [3.05, 3.63) is 65.2 Å². The number of hydrogen-bond donors (Lipinski definition) is 2. The lowest BCUT2D eigenvalue weighted by atomic mass is 9.99. The maximum absolute atomic E-state index is 13.0. The molecule has 2 amide bonds. The summed E-state index contributed by atoms with van der Waals surface area (Å²) in [6, 6.07) is 10.1. The molecule has 0 aromatic heterocycles. The molecule has 1 aliphatic heterocycles. The number of carbonyl (C=O) groups excluding carboxylic acids is 2. The Bertz CT molecular complexity index is 1180. The number of carbonyl (C=O) groups is 2. The molecule has 0 unspecified atom stereocenters. The monoisotopic (exact) mass is 511 g/mol. The Morgan fingerprint density at radius 1 is 1.09 bits per heavy atom. The number of nitrogens with one attached hydrogen (secondary N) is 2. The van der Waals surface area contributed by atoms with Crippen LogP contribution >= 0.6 is 0 Å². The fourth-order valence-corrected chi connectivity index (χ4v) is 5.55. The maximum Gasteiger partial charge on any atom is 0.416 e. The van der Waals surface area contributed by atoms with Crippen LogP contribution < -0.4 is 10.6 Å². The van der Waals surface area contributed by atoms with E-state index in [1.54, 1.807) is 0 Å². The van der Waals surface area contributed by atoms with Crippen LogP contribution in [0.1, 0.15) is 36.5 Å². The Morgan fingerprint density at radius 3 is 2.34 bits per heavy atom. The van der Waals surface area contributed by atoms with E-state index >= 15 is 0 Å². The van der Waals surface area contributed by atoms with E-state index in [4.69, 9.17) is 0 Å². The number of sulfonamides is 1. The second-order valence-electron chi connectivity index (χ2n) is 8.60. The SMILES string of the molecule is CC(=O)N[C@H](Cc1ccccc1C)C(=O)NC1CCN(S(=O)(=O)c2cccc(C(F)(F)F)c2)CC1. The highest BCUT2D eigenvalue weighted by Crippen LogP contribution is 2.31. The number of piperidine rings is 1. The van der Waals surface area contributed by atoms with E-state index in [2.05, 4.69) is 10.6 Å². The van der Waals surface area contributed by atoms with Crippen LogP contribution in [0.4, 0.5) is 13.2 Å². The van der Waals surface area contributed by atoms with Gasteiger partial charge in [0.25, 0.3) is 0 Å². The lowest BCUT2D eigenvalue weighted by molar-refractivity contribution is -0.137. The lowest BCUT2D eigenvalue weighted by Crippen LogP contribution is -2.53. The molecule has 2 aromatic carbocycles. The first-order valence-corrected chi connectivity index (χ1v) is 12.6. The van der Waals surface area contributed by atoms with Crippen molar-refractivity contribution in [1.29, 1.82) is 0 Å². The van der Waals surface area contributed by atoms with E-state index in [0.29, 0.717) is 25.3 Å². The minimum absolute atomic E-state index is 0.0477. The molecule has 0 saturated carbocycles. The molecule has 7 nitrogen and oxygen atoms in total. The number of hydrogen-bond acceptors (Lipinski definition) is 4. The van der Waals surface area contributed by atoms with Gasteiger partial charge in [-0.15, -0.1) is 0 Å². The van der Waals surface area contributed by atoms with E-state index in [-0.39, 0.29) is 30.9 Å². The molecule has 3 rings (SSSR count). The molecule has 11 heteroatoms. The van der Waals surface area contributed by atoms with Crippen LogP contribution in [-0.4, -0.2) is 49.7 Å². The van der Waals surface area contributed by atoms with Gasteiger partial charge in [0, 0.05) is 32.5 Å². The topological polar surface area (TPSA) is 95.6 Å². The van der Waals surface area contributed by atoms with Crippen molar-refractivity contribution in [1.82, 2.24) is 14.9 Å². The molecule has 0 spiro atoms. The summed E-state index contributed by atoms with van der Waals surface area (Å²) in [6.45, 7) is 3.34. The molecule has 0 bridgehead atoms. The summed E-state index contributed by atoms with van der Waals surface area (Å²) in [4.78, 5) is 24.2. The summed E-state index contributed by atoms with van der Waals surface area (Å²) in [5, 5.41) is 5.55. The molecule has 35 heavy (non-hydrogen) atoms. The molecule has 1 aliphatic rings. The van der Waals surface area contributed by atoms with Crippen molar-refractivity contribution in [2.24, 2.45) is 0 Å². The average molecular weight is 512 g/mol. The second-order valence-corrected chi connectivity index (χ2v) is 10.5. The number of aryl methyl sites for hydroxylation is 1. The summed E-state index contributed by atoms with van der Waals surface area (Å²) in [5.74, 6) is -0.719. The average Bonchev–Trinajstić information content (AvgIpc) is 2.79. The fraction of sp³-hybridized carbons (Fsp3) is 0.417. The van der Waals surface area contributed by atoms with Crippen LogP contribution in [-0.2, 0) is 32.2 Å². The van der Waals surface area contributed by atoms with Crippen molar-refractivity contribution in [2.75, 3.05) is 13.1 Å². The zero-order valence-electron chi connectivity index (χ0n) is 19.4. The standard InChI is InChI=1S/C24H28F3N3O4S/c1-16-6-3-4-7-18(16)14-22(28-17(2)31)23(32)29-20-10-12-30(13-11-20)35(33,34)21-9-5-8-19(15-21)24(25,26)27/h3-9,15,20,22H,10-14H2,1-2H3,(H,28,31)(H,29,32)/t22-/m1/s1. The minimum atomic E-state index is -4.65. The maximum atomic E-state index is 13.0. The summed E-state index contributed by atoms with van der Waals surface area (Å²) in [5.41, 5.74) is 0.880. The Balaban J connectivity index is 1.64. The fourth-order valence-electron chi connectivity index (χ4n) is 4.04. The predicted molar refractivity (Wildman–Crippen MR) is 124 cm³/mol. The van der Waals surface area contributed by atoms with Gasteiger partial charge in [-0.05, 0) is 49.1 Å². The van der Waals surface area contributed by atoms with Gasteiger partial charge in [-0.3, -0.25) is 9.59 Å². The molecule has 0 aliphatic carbocycles. The van der Waals surface area contributed by atoms with Gasteiger partial charge < -0.3 is 10.6 Å². The van der Waals surface area contributed by atoms with Crippen molar-refractivity contribution in [3.63, 3.8) is 0 Å². The Morgan fingerprint density at radius 2 is 1.74 bits per heavy atom. The molecule has 2 aromatic rings. The minimum Gasteiger partial charge on any atom is -0.351 e. The number of halogens is 3. The third-order valence-electron chi connectivity index (χ3n) is 5.98. The normalized spacial score (nSPS) is 16.5. The first kappa shape index (κ1) is 26.7. The van der Waals surface area contributed by atoms with Gasteiger partial charge in [-0.1, -0.05) is 30.3 Å². The predicted octanol–water partition coefficient (Wildman–Crippen LogP) is 3.03. The highest BCUT2D eigenvalue weighted by atomic mass is 32.2. The van der Waals surface area contributed by atoms with Crippen LogP contribution in [0.5, 0.6) is 0 Å². The van der Waals surface area contributed by atoms with Crippen molar-refractivity contribution in [3.8, 4) is 0 Å². The Kier molecular flexibility index (Phi) is 8.22. The molecule has 190 valence electrons. The summed E-state index contributed by atoms with van der Waals surface area (Å²) >= 11 is 0. The number of alkyl halides is 3. The molecule has 1 heterocycles. The van der Waals surface area contributed by atoms with Gasteiger partial charge in [0.1, 0.15) is 6.04 Å². The van der Waals surface area contributed by atoms with Gasteiger partial charge >= 0.3 is 6.18 Å². The van der Waals surface area contributed by atoms with Crippen molar-refractivity contribution < 1.29 is 31.2 Å². The van der Waals surface area contributed by atoms with Crippen molar-refractivity contribution in [2.45, 2.75) is 56.3 Å². The van der Waals surface area contributed by atoms with Gasteiger partial charge in [-0.2, -0.15) is 17.5 Å². The second kappa shape index (κ2) is 10.8. The first-order valence-electron chi connectivity index (χ1n) is 11.2. The molecule has 1 fully saturated rings. The summed E-state index contributed by atoms with van der Waals surface area (Å²) in [7, 11) is -4.11. The third kappa shape index (κ3) is 6.82. The van der Waals surface area contributed by atoms with Crippen molar-refractivity contribution >= 4 is 21.8 Å². The number of benzene rings is 2. The smallest absolute Gasteiger partial charge is 0.351 e. The van der Waals surface area contributed by atoms with Crippen LogP contribution in [0.15, 0.2) is 53.4 Å². The van der Waals surface area contributed by atoms with Crippen LogP contribution in [0.3, 0.4) is 0 Å². The van der Waals surface area contributed by atoms with Gasteiger partial charge in [-0.25, -0.2) is 8.42 Å². The van der Waals surface area contributed by atoms with Gasteiger partial charge in [0.15, 0.2) is 0 Å². The summed E-state index contributed by atoms with van der Waals surface area (Å²) in [6.07, 6.45) is -3.76. The molecular weight excluding hydrogens is 483 g/mol. The highest BCUT2D eigenvalue weighted by Gasteiger charge is 2.35. The third-order valence-corrected chi connectivity index (χ3v) is 7.87. The van der Waals surface area contributed by atoms with E-state index < -0.39 is 32.7 Å². The van der Waals surface area contributed by atoms with Crippen LogP contribution in [0, 0.1) is 6.92 Å². The van der Waals surface area contributed by atoms with E-state index in [1.165, 1.54) is 6.92 Å². The van der Waals surface area contributed by atoms with Crippen LogP contribution in [0.25, 0.3) is 0 Å². The van der Waals surface area contributed by atoms with E-state index in [9.17, 15) is 31.2 Å². The number of rotatable bonds is 7. The van der Waals surface area contributed by atoms with Gasteiger partial charge in [0.2, 0.25) is 21.8 Å². The van der Waals surface area contributed by atoms with E-state index in [0.717, 1.165) is 33.6 Å². The number of nitrogens with zero attached hydrogens (tertiary/aromatic N) is 1. The zero-order chi connectivity index (χ0) is 25.8. The zero-order valence-corrected chi connectivity index (χ0v) is 20.2. The first-order chi connectivity index (χ1) is 16.4. The molecule has 1 atom stereocenters. The molecular formula is C24H28F3N3O4S. The Labute approximate surface area is 202 Å². The van der Waals surface area contributed by atoms with Crippen LogP contribution in [0.2, 0.25) is 0 Å². The highest BCUT2D eigenvalue weighted by molar-refractivity contribution is 7.89. The Hall–Kier alpha value is -2.92. The molecule has 1 saturated heterocycles. The largest absolute Gasteiger partial charge is 0.416 e. The lowest BCUT2D eigenvalue weighted by Gasteiger charge is -2.32. The molecule has 2 N–H and O–H groups in total. The number of amides is 2. The van der Waals surface area contributed by atoms with E-state index in [1.807, 2.05) is 31.2 Å². The van der Waals surface area contributed by atoms with Gasteiger partial charge in [0.05, 0.1) is 10.5 Å². The quantitative estimate of drug-likeness (QED) is 0.598. The summed E-state index contributed by atoms with van der Waals surface area (Å²) < 4.78 is 65.9. The molecule has 0 radical (unpaired) electrons.